The van der Waals surface area contributed by atoms with E-state index in [1.54, 1.807) is 0 Å². The normalized spacial score (nSPS) is 16.5. The van der Waals surface area contributed by atoms with Crippen LogP contribution in [-0.4, -0.2) is 74.7 Å². The van der Waals surface area contributed by atoms with Gasteiger partial charge in [0.1, 0.15) is 0 Å². The van der Waals surface area contributed by atoms with E-state index >= 15 is 0 Å². The van der Waals surface area contributed by atoms with E-state index in [-0.39, 0.29) is 0 Å². The third-order valence-electron chi connectivity index (χ3n) is 5.03. The highest BCUT2D eigenvalue weighted by molar-refractivity contribution is 6.30. The molecular formula is C21H36ClN5. The van der Waals surface area contributed by atoms with Gasteiger partial charge in [-0.2, -0.15) is 0 Å². The lowest BCUT2D eigenvalue weighted by molar-refractivity contribution is 0.136. The van der Waals surface area contributed by atoms with E-state index in [1.807, 2.05) is 12.1 Å². The second-order valence-corrected chi connectivity index (χ2v) is 7.48. The zero-order valence-electron chi connectivity index (χ0n) is 17.0. The summed E-state index contributed by atoms with van der Waals surface area (Å²) in [5.41, 5.74) is 1.28. The van der Waals surface area contributed by atoms with Crippen molar-refractivity contribution in [1.82, 2.24) is 20.4 Å². The SMILES string of the molecule is CCNC(=NCCCCN1CCN(CC)CC1)NCCc1ccc(Cl)cc1. The molecule has 0 bridgehead atoms. The number of halogens is 1. The fourth-order valence-electron chi connectivity index (χ4n) is 3.29. The molecule has 1 saturated heterocycles. The fraction of sp³-hybridized carbons (Fsp3) is 0.667. The fourth-order valence-corrected chi connectivity index (χ4v) is 3.41. The number of benzene rings is 1. The minimum absolute atomic E-state index is 0.786. The maximum Gasteiger partial charge on any atom is 0.191 e. The molecule has 0 spiro atoms. The zero-order chi connectivity index (χ0) is 19.3. The molecule has 1 aromatic carbocycles. The molecule has 2 rings (SSSR count). The molecule has 0 unspecified atom stereocenters. The van der Waals surface area contributed by atoms with Crippen LogP contribution in [0.15, 0.2) is 29.3 Å². The lowest BCUT2D eigenvalue weighted by Crippen LogP contribution is -2.46. The number of unbranched alkanes of at least 4 members (excludes halogenated alkanes) is 1. The third-order valence-corrected chi connectivity index (χ3v) is 5.28. The summed E-state index contributed by atoms with van der Waals surface area (Å²) in [6.07, 6.45) is 3.33. The predicted octanol–water partition coefficient (Wildman–Crippen LogP) is 2.86. The van der Waals surface area contributed by atoms with E-state index in [2.05, 4.69) is 46.4 Å². The summed E-state index contributed by atoms with van der Waals surface area (Å²) >= 11 is 5.93. The number of aliphatic imine (C=N–C) groups is 1. The van der Waals surface area contributed by atoms with Crippen LogP contribution in [0.3, 0.4) is 0 Å². The summed E-state index contributed by atoms with van der Waals surface area (Å²) in [6, 6.07) is 8.04. The number of hydrogen-bond acceptors (Lipinski definition) is 3. The molecular weight excluding hydrogens is 358 g/mol. The number of piperazine rings is 1. The summed E-state index contributed by atoms with van der Waals surface area (Å²) in [7, 11) is 0. The molecule has 27 heavy (non-hydrogen) atoms. The Bertz CT molecular complexity index is 538. The van der Waals surface area contributed by atoms with Gasteiger partial charge in [0.05, 0.1) is 0 Å². The molecule has 2 N–H and O–H groups in total. The van der Waals surface area contributed by atoms with Crippen LogP contribution in [0.2, 0.25) is 5.02 Å². The summed E-state index contributed by atoms with van der Waals surface area (Å²) in [5, 5.41) is 7.54. The molecule has 0 saturated carbocycles. The number of likely N-dealkylation sites (N-methyl/N-ethyl adjacent to an activating group) is 1. The van der Waals surface area contributed by atoms with E-state index in [1.165, 1.54) is 51.3 Å². The van der Waals surface area contributed by atoms with Crippen molar-refractivity contribution in [2.75, 3.05) is 58.9 Å². The predicted molar refractivity (Wildman–Crippen MR) is 117 cm³/mol. The lowest BCUT2D eigenvalue weighted by Gasteiger charge is -2.33. The summed E-state index contributed by atoms with van der Waals surface area (Å²) in [6.45, 7) is 14.2. The average molecular weight is 394 g/mol. The van der Waals surface area contributed by atoms with E-state index < -0.39 is 0 Å². The molecule has 0 atom stereocenters. The van der Waals surface area contributed by atoms with Crippen LogP contribution in [0.4, 0.5) is 0 Å². The molecule has 5 nitrogen and oxygen atoms in total. The first-order valence-electron chi connectivity index (χ1n) is 10.4. The van der Waals surface area contributed by atoms with Crippen LogP contribution in [0, 0.1) is 0 Å². The molecule has 1 aliphatic rings. The van der Waals surface area contributed by atoms with Gasteiger partial charge in [0.15, 0.2) is 5.96 Å². The van der Waals surface area contributed by atoms with Crippen LogP contribution < -0.4 is 10.6 Å². The minimum atomic E-state index is 0.786. The largest absolute Gasteiger partial charge is 0.357 e. The van der Waals surface area contributed by atoms with Crippen molar-refractivity contribution in [1.29, 1.82) is 0 Å². The highest BCUT2D eigenvalue weighted by Crippen LogP contribution is 2.09. The Hall–Kier alpha value is -1.30. The topological polar surface area (TPSA) is 42.9 Å². The molecule has 0 aliphatic carbocycles. The number of nitrogens with zero attached hydrogens (tertiary/aromatic N) is 3. The van der Waals surface area contributed by atoms with Crippen LogP contribution in [0.5, 0.6) is 0 Å². The van der Waals surface area contributed by atoms with Crippen molar-refractivity contribution in [3.05, 3.63) is 34.9 Å². The van der Waals surface area contributed by atoms with Gasteiger partial charge < -0.3 is 20.4 Å². The Morgan fingerprint density at radius 1 is 1.00 bits per heavy atom. The van der Waals surface area contributed by atoms with Gasteiger partial charge in [-0.05, 0) is 57.0 Å². The van der Waals surface area contributed by atoms with Gasteiger partial charge in [-0.1, -0.05) is 30.7 Å². The molecule has 1 aromatic rings. The molecule has 1 fully saturated rings. The Labute approximate surface area is 170 Å². The number of nitrogens with one attached hydrogen (secondary N) is 2. The Balaban J connectivity index is 1.60. The van der Waals surface area contributed by atoms with E-state index in [9.17, 15) is 0 Å². The molecule has 1 aliphatic heterocycles. The van der Waals surface area contributed by atoms with E-state index in [4.69, 9.17) is 16.6 Å². The number of hydrogen-bond donors (Lipinski definition) is 2. The van der Waals surface area contributed by atoms with Crippen LogP contribution in [-0.2, 0) is 6.42 Å². The van der Waals surface area contributed by atoms with E-state index in [0.29, 0.717) is 0 Å². The lowest BCUT2D eigenvalue weighted by atomic mass is 10.1. The van der Waals surface area contributed by atoms with Gasteiger partial charge in [-0.25, -0.2) is 0 Å². The zero-order valence-corrected chi connectivity index (χ0v) is 17.8. The van der Waals surface area contributed by atoms with Gasteiger partial charge >= 0.3 is 0 Å². The van der Waals surface area contributed by atoms with Gasteiger partial charge in [0.2, 0.25) is 0 Å². The Kier molecular flexibility index (Phi) is 10.6. The molecule has 1 heterocycles. The molecule has 0 amide bonds. The highest BCUT2D eigenvalue weighted by atomic mass is 35.5. The maximum absolute atomic E-state index is 5.93. The van der Waals surface area contributed by atoms with Crippen molar-refractivity contribution >= 4 is 17.6 Å². The van der Waals surface area contributed by atoms with Gasteiger partial charge in [0, 0.05) is 50.8 Å². The Morgan fingerprint density at radius 3 is 2.37 bits per heavy atom. The minimum Gasteiger partial charge on any atom is -0.357 e. The van der Waals surface area contributed by atoms with Crippen LogP contribution in [0.25, 0.3) is 0 Å². The van der Waals surface area contributed by atoms with Gasteiger partial charge in [-0.3, -0.25) is 4.99 Å². The highest BCUT2D eigenvalue weighted by Gasteiger charge is 2.14. The monoisotopic (exact) mass is 393 g/mol. The van der Waals surface area contributed by atoms with Crippen molar-refractivity contribution in [2.45, 2.75) is 33.1 Å². The van der Waals surface area contributed by atoms with Gasteiger partial charge in [0.25, 0.3) is 0 Å². The third kappa shape index (κ3) is 8.96. The molecule has 152 valence electrons. The quantitative estimate of drug-likeness (QED) is 0.364. The van der Waals surface area contributed by atoms with Crippen molar-refractivity contribution in [2.24, 2.45) is 4.99 Å². The van der Waals surface area contributed by atoms with Crippen LogP contribution in [0.1, 0.15) is 32.3 Å². The second-order valence-electron chi connectivity index (χ2n) is 7.05. The second kappa shape index (κ2) is 13.0. The van der Waals surface area contributed by atoms with Gasteiger partial charge in [-0.15, -0.1) is 0 Å². The molecule has 0 aromatic heterocycles. The van der Waals surface area contributed by atoms with Crippen molar-refractivity contribution < 1.29 is 0 Å². The first-order valence-corrected chi connectivity index (χ1v) is 10.8. The standard InChI is InChI=1S/C21H36ClN5/c1-3-23-21(25-13-11-19-7-9-20(22)10-8-19)24-12-5-6-14-27-17-15-26(4-2)16-18-27/h7-10H,3-6,11-18H2,1-2H3,(H2,23,24,25). The first-order chi connectivity index (χ1) is 13.2. The van der Waals surface area contributed by atoms with Crippen molar-refractivity contribution in [3.63, 3.8) is 0 Å². The summed E-state index contributed by atoms with van der Waals surface area (Å²) < 4.78 is 0. The van der Waals surface area contributed by atoms with E-state index in [0.717, 1.165) is 43.5 Å². The number of rotatable bonds is 10. The van der Waals surface area contributed by atoms with Crippen molar-refractivity contribution in [3.8, 4) is 0 Å². The number of guanidine groups is 1. The molecule has 6 heteroatoms. The maximum atomic E-state index is 5.93. The summed E-state index contributed by atoms with van der Waals surface area (Å²) in [5.74, 6) is 0.919. The Morgan fingerprint density at radius 2 is 1.70 bits per heavy atom. The van der Waals surface area contributed by atoms with Crippen LogP contribution >= 0.6 is 11.6 Å². The summed E-state index contributed by atoms with van der Waals surface area (Å²) in [4.78, 5) is 9.83. The average Bonchev–Trinajstić information content (AvgIpc) is 2.69. The smallest absolute Gasteiger partial charge is 0.191 e. The molecule has 0 radical (unpaired) electrons. The first kappa shape index (κ1) is 22.0.